The van der Waals surface area contributed by atoms with Crippen LogP contribution in [0.15, 0.2) is 33.9 Å². The summed E-state index contributed by atoms with van der Waals surface area (Å²) >= 11 is 0. The number of hydrogen-bond acceptors (Lipinski definition) is 3. The fourth-order valence-electron chi connectivity index (χ4n) is 2.65. The van der Waals surface area contributed by atoms with Gasteiger partial charge in [0.15, 0.2) is 0 Å². The van der Waals surface area contributed by atoms with E-state index in [-0.39, 0.29) is 11.2 Å². The van der Waals surface area contributed by atoms with Gasteiger partial charge in [0.25, 0.3) is 5.56 Å². The molecule has 0 spiro atoms. The summed E-state index contributed by atoms with van der Waals surface area (Å²) in [6, 6.07) is 7.13. The highest BCUT2D eigenvalue weighted by molar-refractivity contribution is 5.76. The largest absolute Gasteiger partial charge is 0.328 e. The van der Waals surface area contributed by atoms with Crippen LogP contribution in [0.2, 0.25) is 0 Å². The standard InChI is InChI=1S/C14H17N3O2/c18-13-11-5-1-2-6-12(11)15-14(19)17(13)10-9-16-7-3-4-8-16/h1-2,5-6H,3-4,7-10H2,(H,15,19). The van der Waals surface area contributed by atoms with E-state index in [1.807, 2.05) is 12.1 Å². The lowest BCUT2D eigenvalue weighted by Crippen LogP contribution is -2.38. The molecule has 0 radical (unpaired) electrons. The Balaban J connectivity index is 1.94. The smallest absolute Gasteiger partial charge is 0.307 e. The third kappa shape index (κ3) is 2.33. The molecule has 0 saturated carbocycles. The van der Waals surface area contributed by atoms with Crippen LogP contribution in [0.25, 0.3) is 10.9 Å². The summed E-state index contributed by atoms with van der Waals surface area (Å²) in [5.74, 6) is 0. The zero-order chi connectivity index (χ0) is 13.2. The summed E-state index contributed by atoms with van der Waals surface area (Å²) < 4.78 is 1.31. The third-order valence-corrected chi connectivity index (χ3v) is 3.73. The first-order valence-corrected chi connectivity index (χ1v) is 6.70. The second-order valence-corrected chi connectivity index (χ2v) is 4.98. The average Bonchev–Trinajstić information content (AvgIpc) is 2.92. The van der Waals surface area contributed by atoms with E-state index < -0.39 is 0 Å². The lowest BCUT2D eigenvalue weighted by molar-refractivity contribution is 0.318. The van der Waals surface area contributed by atoms with Crippen molar-refractivity contribution in [1.29, 1.82) is 0 Å². The molecule has 19 heavy (non-hydrogen) atoms. The molecule has 1 aromatic heterocycles. The molecule has 2 heterocycles. The van der Waals surface area contributed by atoms with Gasteiger partial charge in [0.2, 0.25) is 0 Å². The van der Waals surface area contributed by atoms with Crippen LogP contribution in [0.1, 0.15) is 12.8 Å². The summed E-state index contributed by atoms with van der Waals surface area (Å²) in [7, 11) is 0. The highest BCUT2D eigenvalue weighted by Crippen LogP contribution is 2.07. The fraction of sp³-hybridized carbons (Fsp3) is 0.429. The van der Waals surface area contributed by atoms with E-state index in [2.05, 4.69) is 9.88 Å². The molecule has 2 aromatic rings. The molecule has 0 atom stereocenters. The van der Waals surface area contributed by atoms with Crippen LogP contribution in [0.4, 0.5) is 0 Å². The van der Waals surface area contributed by atoms with Crippen LogP contribution in [0, 0.1) is 0 Å². The van der Waals surface area contributed by atoms with E-state index in [4.69, 9.17) is 0 Å². The van der Waals surface area contributed by atoms with Gasteiger partial charge in [-0.05, 0) is 38.1 Å². The molecule has 3 rings (SSSR count). The van der Waals surface area contributed by atoms with Gasteiger partial charge in [-0.3, -0.25) is 9.36 Å². The van der Waals surface area contributed by atoms with Gasteiger partial charge in [-0.2, -0.15) is 0 Å². The number of aromatic amines is 1. The van der Waals surface area contributed by atoms with Crippen LogP contribution in [-0.4, -0.2) is 34.1 Å². The van der Waals surface area contributed by atoms with Crippen molar-refractivity contribution in [3.63, 3.8) is 0 Å². The maximum atomic E-state index is 12.3. The second-order valence-electron chi connectivity index (χ2n) is 4.98. The third-order valence-electron chi connectivity index (χ3n) is 3.73. The maximum Gasteiger partial charge on any atom is 0.328 e. The Morgan fingerprint density at radius 3 is 2.58 bits per heavy atom. The van der Waals surface area contributed by atoms with Crippen LogP contribution in [0.3, 0.4) is 0 Å². The fourth-order valence-corrected chi connectivity index (χ4v) is 2.65. The van der Waals surface area contributed by atoms with Crippen molar-refractivity contribution in [3.05, 3.63) is 45.1 Å². The maximum absolute atomic E-state index is 12.3. The molecule has 1 aliphatic rings. The number of nitrogens with zero attached hydrogens (tertiary/aromatic N) is 2. The van der Waals surface area contributed by atoms with Crippen LogP contribution >= 0.6 is 0 Å². The lowest BCUT2D eigenvalue weighted by Gasteiger charge is -2.14. The number of benzene rings is 1. The van der Waals surface area contributed by atoms with Crippen molar-refractivity contribution in [2.75, 3.05) is 19.6 Å². The van der Waals surface area contributed by atoms with Gasteiger partial charge >= 0.3 is 5.69 Å². The molecule has 0 aliphatic carbocycles. The van der Waals surface area contributed by atoms with Gasteiger partial charge in [0.05, 0.1) is 10.9 Å². The summed E-state index contributed by atoms with van der Waals surface area (Å²) in [4.78, 5) is 29.3. The van der Waals surface area contributed by atoms with Crippen molar-refractivity contribution in [2.24, 2.45) is 0 Å². The summed E-state index contributed by atoms with van der Waals surface area (Å²) in [6.07, 6.45) is 2.42. The van der Waals surface area contributed by atoms with E-state index in [9.17, 15) is 9.59 Å². The van der Waals surface area contributed by atoms with Crippen LogP contribution < -0.4 is 11.2 Å². The van der Waals surface area contributed by atoms with Gasteiger partial charge in [-0.25, -0.2) is 4.79 Å². The molecule has 1 N–H and O–H groups in total. The Bertz CT molecular complexity index is 696. The van der Waals surface area contributed by atoms with Crippen LogP contribution in [0.5, 0.6) is 0 Å². The molecule has 1 saturated heterocycles. The van der Waals surface area contributed by atoms with Crippen molar-refractivity contribution in [3.8, 4) is 0 Å². The quantitative estimate of drug-likeness (QED) is 0.886. The number of fused-ring (bicyclic) bond motifs is 1. The molecular weight excluding hydrogens is 242 g/mol. The van der Waals surface area contributed by atoms with Crippen molar-refractivity contribution >= 4 is 10.9 Å². The number of para-hydroxylation sites is 1. The molecule has 5 heteroatoms. The van der Waals surface area contributed by atoms with Crippen molar-refractivity contribution in [2.45, 2.75) is 19.4 Å². The van der Waals surface area contributed by atoms with Gasteiger partial charge in [0.1, 0.15) is 0 Å². The molecule has 1 fully saturated rings. The van der Waals surface area contributed by atoms with E-state index >= 15 is 0 Å². The van der Waals surface area contributed by atoms with Gasteiger partial charge in [-0.1, -0.05) is 12.1 Å². The number of aromatic nitrogens is 2. The van der Waals surface area contributed by atoms with E-state index in [1.165, 1.54) is 17.4 Å². The average molecular weight is 259 g/mol. The number of H-pyrrole nitrogens is 1. The molecule has 1 aliphatic heterocycles. The minimum atomic E-state index is -0.317. The monoisotopic (exact) mass is 259 g/mol. The topological polar surface area (TPSA) is 58.1 Å². The van der Waals surface area contributed by atoms with E-state index in [0.717, 1.165) is 19.6 Å². The number of rotatable bonds is 3. The van der Waals surface area contributed by atoms with Gasteiger partial charge in [0, 0.05) is 13.1 Å². The molecule has 0 bridgehead atoms. The highest BCUT2D eigenvalue weighted by Gasteiger charge is 2.13. The first-order valence-electron chi connectivity index (χ1n) is 6.70. The Labute approximate surface area is 110 Å². The minimum absolute atomic E-state index is 0.196. The number of likely N-dealkylation sites (tertiary alicyclic amines) is 1. The second kappa shape index (κ2) is 5.01. The Hall–Kier alpha value is -1.88. The first kappa shape index (κ1) is 12.2. The Morgan fingerprint density at radius 2 is 1.79 bits per heavy atom. The molecule has 0 unspecified atom stereocenters. The number of nitrogens with one attached hydrogen (secondary N) is 1. The SMILES string of the molecule is O=c1[nH]c2ccccc2c(=O)n1CCN1CCCC1. The summed E-state index contributed by atoms with van der Waals surface area (Å²) in [5, 5.41) is 0.573. The summed E-state index contributed by atoms with van der Waals surface area (Å²) in [5.41, 5.74) is 0.0939. The summed E-state index contributed by atoms with van der Waals surface area (Å²) in [6.45, 7) is 3.36. The van der Waals surface area contributed by atoms with Crippen LogP contribution in [-0.2, 0) is 6.54 Å². The molecule has 100 valence electrons. The molecule has 5 nitrogen and oxygen atoms in total. The molecule has 0 amide bonds. The van der Waals surface area contributed by atoms with E-state index in [0.29, 0.717) is 17.4 Å². The zero-order valence-electron chi connectivity index (χ0n) is 10.8. The van der Waals surface area contributed by atoms with Gasteiger partial charge < -0.3 is 9.88 Å². The van der Waals surface area contributed by atoms with E-state index in [1.54, 1.807) is 12.1 Å². The predicted molar refractivity (Wildman–Crippen MR) is 74.5 cm³/mol. The first-order chi connectivity index (χ1) is 9.25. The predicted octanol–water partition coefficient (Wildman–Crippen LogP) is 0.786. The minimum Gasteiger partial charge on any atom is -0.307 e. The lowest BCUT2D eigenvalue weighted by atomic mass is 10.2. The molecular formula is C14H17N3O2. The highest BCUT2D eigenvalue weighted by atomic mass is 16.2. The van der Waals surface area contributed by atoms with Gasteiger partial charge in [-0.15, -0.1) is 0 Å². The van der Waals surface area contributed by atoms with Crippen molar-refractivity contribution in [1.82, 2.24) is 14.5 Å². The molecule has 1 aromatic carbocycles. The Kier molecular flexibility index (Phi) is 3.21. The Morgan fingerprint density at radius 1 is 1.05 bits per heavy atom. The zero-order valence-corrected chi connectivity index (χ0v) is 10.8. The normalized spacial score (nSPS) is 16.2. The number of hydrogen-bond donors (Lipinski definition) is 1. The van der Waals surface area contributed by atoms with Crippen molar-refractivity contribution < 1.29 is 0 Å².